The van der Waals surface area contributed by atoms with E-state index in [2.05, 4.69) is 32.9 Å². The summed E-state index contributed by atoms with van der Waals surface area (Å²) in [5.74, 6) is -1.02. The van der Waals surface area contributed by atoms with E-state index in [9.17, 15) is 15.0 Å². The highest BCUT2D eigenvalue weighted by atomic mass is 16.4. The average molecular weight is 385 g/mol. The van der Waals surface area contributed by atoms with E-state index >= 15 is 0 Å². The number of carboxylic acids is 1. The fourth-order valence-electron chi connectivity index (χ4n) is 3.71. The van der Waals surface area contributed by atoms with Crippen LogP contribution in [0.25, 0.3) is 0 Å². The van der Waals surface area contributed by atoms with E-state index in [-0.39, 0.29) is 12.0 Å². The molecule has 0 aliphatic carbocycles. The van der Waals surface area contributed by atoms with Crippen LogP contribution in [0.3, 0.4) is 0 Å². The maximum absolute atomic E-state index is 11.3. The molecule has 0 amide bonds. The van der Waals surface area contributed by atoms with Crippen molar-refractivity contribution < 1.29 is 19.5 Å². The number of unbranched alkanes of at least 4 members (excludes halogenated alkanes) is 4. The smallest absolute Gasteiger partial charge is 0.306 e. The highest BCUT2D eigenvalue weighted by molar-refractivity contribution is 5.69. The Morgan fingerprint density at radius 1 is 0.926 bits per heavy atom. The lowest BCUT2D eigenvalue weighted by Gasteiger charge is -2.41. The van der Waals surface area contributed by atoms with E-state index in [0.717, 1.165) is 62.8 Å². The first-order valence-electron chi connectivity index (χ1n) is 11.3. The summed E-state index contributed by atoms with van der Waals surface area (Å²) >= 11 is 0. The number of aliphatic hydroxyl groups excluding tert-OH is 1. The highest BCUT2D eigenvalue weighted by Crippen LogP contribution is 2.20. The Labute approximate surface area is 168 Å². The third-order valence-electron chi connectivity index (χ3n) is 5.60. The third-order valence-corrected chi connectivity index (χ3v) is 5.60. The maximum atomic E-state index is 11.3. The first-order chi connectivity index (χ1) is 12.9. The van der Waals surface area contributed by atoms with Gasteiger partial charge in [-0.15, -0.1) is 0 Å². The van der Waals surface area contributed by atoms with E-state index in [0.29, 0.717) is 6.42 Å². The van der Waals surface area contributed by atoms with Crippen LogP contribution in [-0.2, 0) is 4.79 Å². The summed E-state index contributed by atoms with van der Waals surface area (Å²) in [4.78, 5) is 11.3. The molecule has 0 bridgehead atoms. The first kappa shape index (κ1) is 26.1. The van der Waals surface area contributed by atoms with Crippen molar-refractivity contribution in [2.75, 3.05) is 26.2 Å². The second-order valence-corrected chi connectivity index (χ2v) is 8.25. The Morgan fingerprint density at radius 3 is 2.00 bits per heavy atom. The quantitative estimate of drug-likeness (QED) is 0.189. The largest absolute Gasteiger partial charge is 0.481 e. The standard InChI is InChI=1S/C23H45NO3/c1-5-8-11-12-15-22(25)20-24(17-13-9-6-2,18-14-10-7-3)19-16-21(4)23(26)27/h8,11,21-22,25H,5-7,9-10,12-20H2,1-4H3/p+1/b11-8+. The molecular formula is C23H46NO3+. The Kier molecular flexibility index (Phi) is 15.6. The van der Waals surface area contributed by atoms with Crippen molar-refractivity contribution in [3.63, 3.8) is 0 Å². The molecule has 4 heteroatoms. The van der Waals surface area contributed by atoms with Crippen LogP contribution < -0.4 is 0 Å². The van der Waals surface area contributed by atoms with Gasteiger partial charge in [0, 0.05) is 6.42 Å². The van der Waals surface area contributed by atoms with Crippen molar-refractivity contribution in [2.45, 2.75) is 98.0 Å². The summed E-state index contributed by atoms with van der Waals surface area (Å²) in [6.07, 6.45) is 14.6. The monoisotopic (exact) mass is 384 g/mol. The van der Waals surface area contributed by atoms with Crippen LogP contribution in [0.15, 0.2) is 12.2 Å². The fraction of sp³-hybridized carbons (Fsp3) is 0.870. The molecular weight excluding hydrogens is 338 g/mol. The van der Waals surface area contributed by atoms with E-state index in [1.165, 1.54) is 25.7 Å². The number of rotatable bonds is 18. The molecule has 160 valence electrons. The van der Waals surface area contributed by atoms with Crippen LogP contribution in [0.2, 0.25) is 0 Å². The summed E-state index contributed by atoms with van der Waals surface area (Å²) in [5, 5.41) is 20.0. The van der Waals surface area contributed by atoms with Crippen molar-refractivity contribution in [2.24, 2.45) is 5.92 Å². The van der Waals surface area contributed by atoms with E-state index in [4.69, 9.17) is 0 Å². The summed E-state index contributed by atoms with van der Waals surface area (Å²) in [6.45, 7) is 12.1. The van der Waals surface area contributed by atoms with Crippen molar-refractivity contribution in [3.8, 4) is 0 Å². The molecule has 0 fully saturated rings. The SMILES string of the molecule is CC/C=C/CCC(O)C[N+](CCCCC)(CCCCC)CCC(C)C(=O)O. The molecule has 2 atom stereocenters. The van der Waals surface area contributed by atoms with Crippen LogP contribution in [0.4, 0.5) is 0 Å². The van der Waals surface area contributed by atoms with Gasteiger partial charge in [-0.1, -0.05) is 52.7 Å². The van der Waals surface area contributed by atoms with Crippen molar-refractivity contribution in [3.05, 3.63) is 12.2 Å². The number of nitrogens with zero attached hydrogens (tertiary/aromatic N) is 1. The zero-order chi connectivity index (χ0) is 20.5. The summed E-state index contributed by atoms with van der Waals surface area (Å²) in [7, 11) is 0. The van der Waals surface area contributed by atoms with E-state index in [1.807, 2.05) is 0 Å². The van der Waals surface area contributed by atoms with Crippen LogP contribution >= 0.6 is 0 Å². The van der Waals surface area contributed by atoms with Gasteiger partial charge in [-0.05, 0) is 44.9 Å². The molecule has 2 N–H and O–H groups in total. The minimum absolute atomic E-state index is 0.310. The molecule has 0 saturated heterocycles. The molecule has 4 nitrogen and oxygen atoms in total. The average Bonchev–Trinajstić information content (AvgIpc) is 2.63. The summed E-state index contributed by atoms with van der Waals surface area (Å²) in [6, 6.07) is 0. The Bertz CT molecular complexity index is 385. The summed E-state index contributed by atoms with van der Waals surface area (Å²) in [5.41, 5.74) is 0. The Balaban J connectivity index is 5.07. The maximum Gasteiger partial charge on any atom is 0.306 e. The molecule has 2 unspecified atom stereocenters. The number of hydrogen-bond acceptors (Lipinski definition) is 2. The van der Waals surface area contributed by atoms with Crippen LogP contribution in [0.1, 0.15) is 91.9 Å². The van der Waals surface area contributed by atoms with Gasteiger partial charge in [0.05, 0.1) is 25.6 Å². The second-order valence-electron chi connectivity index (χ2n) is 8.25. The van der Waals surface area contributed by atoms with Gasteiger partial charge >= 0.3 is 5.97 Å². The number of carboxylic acid groups (broad SMARTS) is 1. The number of hydrogen-bond donors (Lipinski definition) is 2. The zero-order valence-corrected chi connectivity index (χ0v) is 18.5. The zero-order valence-electron chi connectivity index (χ0n) is 18.5. The number of allylic oxidation sites excluding steroid dienone is 2. The molecule has 0 spiro atoms. The van der Waals surface area contributed by atoms with Gasteiger partial charge in [-0.25, -0.2) is 0 Å². The molecule has 0 heterocycles. The Morgan fingerprint density at radius 2 is 1.52 bits per heavy atom. The molecule has 0 saturated carbocycles. The van der Waals surface area contributed by atoms with Gasteiger partial charge < -0.3 is 14.7 Å². The lowest BCUT2D eigenvalue weighted by atomic mass is 10.0. The lowest BCUT2D eigenvalue weighted by Crippen LogP contribution is -2.54. The van der Waals surface area contributed by atoms with Crippen molar-refractivity contribution in [1.82, 2.24) is 0 Å². The molecule has 0 radical (unpaired) electrons. The molecule has 0 aliphatic rings. The molecule has 0 rings (SSSR count). The van der Waals surface area contributed by atoms with Gasteiger partial charge in [-0.3, -0.25) is 4.79 Å². The van der Waals surface area contributed by atoms with E-state index < -0.39 is 5.97 Å². The van der Waals surface area contributed by atoms with E-state index in [1.54, 1.807) is 6.92 Å². The van der Waals surface area contributed by atoms with Crippen molar-refractivity contribution >= 4 is 5.97 Å². The Hall–Kier alpha value is -0.870. The normalized spacial score (nSPS) is 14.6. The summed E-state index contributed by atoms with van der Waals surface area (Å²) < 4.78 is 0.885. The van der Waals surface area contributed by atoms with Gasteiger partial charge in [0.2, 0.25) is 0 Å². The lowest BCUT2D eigenvalue weighted by molar-refractivity contribution is -0.931. The third kappa shape index (κ3) is 13.0. The highest BCUT2D eigenvalue weighted by Gasteiger charge is 2.30. The van der Waals surface area contributed by atoms with Crippen LogP contribution in [0, 0.1) is 5.92 Å². The van der Waals surface area contributed by atoms with Crippen molar-refractivity contribution in [1.29, 1.82) is 0 Å². The molecule has 0 aromatic heterocycles. The van der Waals surface area contributed by atoms with Crippen LogP contribution in [0.5, 0.6) is 0 Å². The molecule has 0 aromatic rings. The van der Waals surface area contributed by atoms with Crippen LogP contribution in [-0.4, -0.2) is 52.9 Å². The predicted octanol–water partition coefficient (Wildman–Crippen LogP) is 5.40. The number of aliphatic carboxylic acids is 1. The predicted molar refractivity (Wildman–Crippen MR) is 115 cm³/mol. The molecule has 0 aromatic carbocycles. The topological polar surface area (TPSA) is 57.5 Å². The van der Waals surface area contributed by atoms with Gasteiger partial charge in [0.25, 0.3) is 0 Å². The first-order valence-corrected chi connectivity index (χ1v) is 11.3. The number of carbonyl (C=O) groups is 1. The van der Waals surface area contributed by atoms with Gasteiger partial charge in [0.15, 0.2) is 0 Å². The second kappa shape index (κ2) is 16.1. The fourth-order valence-corrected chi connectivity index (χ4v) is 3.71. The molecule has 0 aliphatic heterocycles. The number of aliphatic hydroxyl groups is 1. The minimum atomic E-state index is -0.708. The van der Waals surface area contributed by atoms with Gasteiger partial charge in [0.1, 0.15) is 12.6 Å². The minimum Gasteiger partial charge on any atom is -0.481 e. The van der Waals surface area contributed by atoms with Gasteiger partial charge in [-0.2, -0.15) is 0 Å². The molecule has 27 heavy (non-hydrogen) atoms. The number of quaternary nitrogens is 1.